The summed E-state index contributed by atoms with van der Waals surface area (Å²) >= 11 is 3.50. The normalized spacial score (nSPS) is 11.3. The summed E-state index contributed by atoms with van der Waals surface area (Å²) in [6, 6.07) is 13.9. The maximum Gasteiger partial charge on any atom is 0.201 e. The van der Waals surface area contributed by atoms with E-state index < -0.39 is 0 Å². The van der Waals surface area contributed by atoms with Gasteiger partial charge in [0.25, 0.3) is 0 Å². The van der Waals surface area contributed by atoms with Gasteiger partial charge in [-0.3, -0.25) is 4.79 Å². The van der Waals surface area contributed by atoms with E-state index in [0.717, 1.165) is 29.5 Å². The van der Waals surface area contributed by atoms with Gasteiger partial charge in [0, 0.05) is 10.9 Å². The summed E-state index contributed by atoms with van der Waals surface area (Å²) in [7, 11) is 0. The van der Waals surface area contributed by atoms with Gasteiger partial charge in [-0.05, 0) is 58.8 Å². The van der Waals surface area contributed by atoms with Crippen LogP contribution < -0.4 is 4.74 Å². The first kappa shape index (κ1) is 19.2. The molecule has 0 aliphatic carbocycles. The van der Waals surface area contributed by atoms with Crippen LogP contribution >= 0.6 is 22.7 Å². The summed E-state index contributed by atoms with van der Waals surface area (Å²) < 4.78 is 8.34. The molecule has 0 radical (unpaired) electrons. The molecule has 0 saturated heterocycles. The number of fused-ring (bicyclic) bond motifs is 3. The maximum atomic E-state index is 13.3. The number of unbranched alkanes of at least 4 members (excludes halogenated alkanes) is 3. The molecule has 0 fully saturated rings. The Hall–Kier alpha value is -2.17. The van der Waals surface area contributed by atoms with Crippen molar-refractivity contribution in [2.24, 2.45) is 0 Å². The lowest BCUT2D eigenvalue weighted by Crippen LogP contribution is -2.14. The molecule has 0 bridgehead atoms. The molecule has 0 N–H and O–H groups in total. The van der Waals surface area contributed by atoms with Gasteiger partial charge in [0.05, 0.1) is 9.40 Å². The lowest BCUT2D eigenvalue weighted by Gasteiger charge is -2.14. The Morgan fingerprint density at radius 1 is 0.893 bits per heavy atom. The molecule has 2 heterocycles. The molecule has 0 atom stereocenters. The lowest BCUT2D eigenvalue weighted by molar-refractivity contribution is 0.0922. The van der Waals surface area contributed by atoms with Crippen molar-refractivity contribution < 1.29 is 9.53 Å². The van der Waals surface area contributed by atoms with Gasteiger partial charge in [-0.25, -0.2) is 0 Å². The van der Waals surface area contributed by atoms with Crippen LogP contribution in [0.3, 0.4) is 0 Å². The van der Waals surface area contributed by atoms with Crippen molar-refractivity contribution in [1.29, 1.82) is 0 Å². The number of rotatable bonds is 9. The Morgan fingerprint density at radius 2 is 1.61 bits per heavy atom. The fourth-order valence-electron chi connectivity index (χ4n) is 3.75. The second kappa shape index (κ2) is 8.89. The molecule has 0 aliphatic rings. The molecule has 0 unspecified atom stereocenters. The highest BCUT2D eigenvalue weighted by Gasteiger charge is 2.21. The van der Waals surface area contributed by atoms with Crippen LogP contribution in [0.1, 0.15) is 48.5 Å². The number of hydrogen-bond donors (Lipinski definition) is 0. The SMILES string of the molecule is CCCCCCc1c(C(=O)COc2ccccc2)c2ccsc2c2sccc12. The predicted molar refractivity (Wildman–Crippen MR) is 121 cm³/mol. The van der Waals surface area contributed by atoms with Gasteiger partial charge in [-0.1, -0.05) is 44.4 Å². The zero-order valence-electron chi connectivity index (χ0n) is 16.1. The third-order valence-electron chi connectivity index (χ3n) is 5.11. The standard InChI is InChI=1S/C24H24O2S2/c1-2-3-4-8-11-18-19-12-14-27-23(19)24-20(13-15-28-24)22(18)21(25)16-26-17-9-6-5-7-10-17/h5-7,9-10,12-15H,2-4,8,11,16H2,1H3. The van der Waals surface area contributed by atoms with Gasteiger partial charge < -0.3 is 4.74 Å². The molecule has 4 heteroatoms. The number of aryl methyl sites for hydroxylation is 1. The molecule has 0 aliphatic heterocycles. The van der Waals surface area contributed by atoms with Crippen molar-refractivity contribution in [1.82, 2.24) is 0 Å². The van der Waals surface area contributed by atoms with Crippen molar-refractivity contribution in [3.63, 3.8) is 0 Å². The Kier molecular flexibility index (Phi) is 6.08. The fraction of sp³-hybridized carbons (Fsp3) is 0.292. The predicted octanol–water partition coefficient (Wildman–Crippen LogP) is 7.50. The molecular formula is C24H24O2S2. The van der Waals surface area contributed by atoms with Gasteiger partial charge in [0.2, 0.25) is 5.78 Å². The van der Waals surface area contributed by atoms with E-state index in [1.165, 1.54) is 39.6 Å². The number of Topliss-reactive ketones (excluding diaryl/α,β-unsaturated/α-hetero) is 1. The molecule has 0 saturated carbocycles. The minimum absolute atomic E-state index is 0.0749. The van der Waals surface area contributed by atoms with Crippen LogP contribution in [-0.4, -0.2) is 12.4 Å². The highest BCUT2D eigenvalue weighted by Crippen LogP contribution is 2.40. The molecule has 144 valence electrons. The first-order chi connectivity index (χ1) is 13.8. The summed E-state index contributed by atoms with van der Waals surface area (Å²) in [4.78, 5) is 13.3. The van der Waals surface area contributed by atoms with E-state index in [0.29, 0.717) is 0 Å². The molecule has 4 rings (SSSR count). The quantitative estimate of drug-likeness (QED) is 0.212. The number of hydrogen-bond acceptors (Lipinski definition) is 4. The van der Waals surface area contributed by atoms with Gasteiger partial charge in [-0.2, -0.15) is 0 Å². The molecule has 2 aromatic heterocycles. The highest BCUT2D eigenvalue weighted by molar-refractivity contribution is 7.25. The van der Waals surface area contributed by atoms with E-state index in [2.05, 4.69) is 29.8 Å². The fourth-order valence-corrected chi connectivity index (χ4v) is 5.76. The van der Waals surface area contributed by atoms with Crippen molar-refractivity contribution in [3.8, 4) is 5.75 Å². The van der Waals surface area contributed by atoms with Crippen LogP contribution in [0.2, 0.25) is 0 Å². The minimum atomic E-state index is 0.0749. The summed E-state index contributed by atoms with van der Waals surface area (Å²) in [6.07, 6.45) is 5.74. The van der Waals surface area contributed by atoms with E-state index in [9.17, 15) is 4.79 Å². The summed E-state index contributed by atoms with van der Waals surface area (Å²) in [5.74, 6) is 0.810. The first-order valence-electron chi connectivity index (χ1n) is 9.90. The second-order valence-electron chi connectivity index (χ2n) is 7.02. The van der Waals surface area contributed by atoms with Crippen molar-refractivity contribution in [3.05, 3.63) is 64.4 Å². The van der Waals surface area contributed by atoms with Gasteiger partial charge in [0.15, 0.2) is 6.61 Å². The monoisotopic (exact) mass is 408 g/mol. The number of ether oxygens (including phenoxy) is 1. The average Bonchev–Trinajstić information content (AvgIpc) is 3.39. The van der Waals surface area contributed by atoms with Crippen molar-refractivity contribution in [2.75, 3.05) is 6.61 Å². The zero-order chi connectivity index (χ0) is 19.3. The number of carbonyl (C=O) groups excluding carboxylic acids is 1. The Balaban J connectivity index is 1.71. The Bertz CT molecular complexity index is 1080. The van der Waals surface area contributed by atoms with Gasteiger partial charge in [0.1, 0.15) is 5.75 Å². The average molecular weight is 409 g/mol. The van der Waals surface area contributed by atoms with Gasteiger partial charge >= 0.3 is 0 Å². The molecule has 4 aromatic rings. The molecule has 2 aromatic carbocycles. The summed E-state index contributed by atoms with van der Waals surface area (Å²) in [6.45, 7) is 2.30. The zero-order valence-corrected chi connectivity index (χ0v) is 17.7. The summed E-state index contributed by atoms with van der Waals surface area (Å²) in [5.41, 5.74) is 2.08. The number of ketones is 1. The highest BCUT2D eigenvalue weighted by atomic mass is 32.1. The molecule has 0 spiro atoms. The van der Waals surface area contributed by atoms with Crippen LogP contribution in [-0.2, 0) is 6.42 Å². The maximum absolute atomic E-state index is 13.3. The third-order valence-corrected chi connectivity index (χ3v) is 7.10. The van der Waals surface area contributed by atoms with Crippen LogP contribution in [0.15, 0.2) is 53.2 Å². The minimum Gasteiger partial charge on any atom is -0.485 e. The largest absolute Gasteiger partial charge is 0.485 e. The van der Waals surface area contributed by atoms with Crippen LogP contribution in [0.25, 0.3) is 20.2 Å². The molecule has 28 heavy (non-hydrogen) atoms. The summed E-state index contributed by atoms with van der Waals surface area (Å²) in [5, 5.41) is 6.58. The lowest BCUT2D eigenvalue weighted by atomic mass is 9.92. The van der Waals surface area contributed by atoms with E-state index in [-0.39, 0.29) is 12.4 Å². The third kappa shape index (κ3) is 3.85. The van der Waals surface area contributed by atoms with Crippen molar-refractivity contribution in [2.45, 2.75) is 39.0 Å². The smallest absolute Gasteiger partial charge is 0.201 e. The molecular weight excluding hydrogens is 384 g/mol. The second-order valence-corrected chi connectivity index (χ2v) is 8.85. The molecule has 2 nitrogen and oxygen atoms in total. The first-order valence-corrected chi connectivity index (χ1v) is 11.7. The van der Waals surface area contributed by atoms with Crippen LogP contribution in [0, 0.1) is 0 Å². The van der Waals surface area contributed by atoms with E-state index >= 15 is 0 Å². The van der Waals surface area contributed by atoms with E-state index in [1.54, 1.807) is 22.7 Å². The van der Waals surface area contributed by atoms with E-state index in [4.69, 9.17) is 4.74 Å². The number of carbonyl (C=O) groups is 1. The Morgan fingerprint density at radius 3 is 2.36 bits per heavy atom. The van der Waals surface area contributed by atoms with Crippen LogP contribution in [0.4, 0.5) is 0 Å². The van der Waals surface area contributed by atoms with Crippen molar-refractivity contribution >= 4 is 48.6 Å². The van der Waals surface area contributed by atoms with Gasteiger partial charge in [-0.15, -0.1) is 22.7 Å². The molecule has 0 amide bonds. The number of para-hydroxylation sites is 1. The van der Waals surface area contributed by atoms with E-state index in [1.807, 2.05) is 30.3 Å². The number of thiophene rings is 2. The Labute approximate surface area is 173 Å². The topological polar surface area (TPSA) is 26.3 Å². The van der Waals surface area contributed by atoms with Crippen LogP contribution in [0.5, 0.6) is 5.75 Å². The number of benzene rings is 2.